The molecule has 0 aliphatic heterocycles. The van der Waals surface area contributed by atoms with Crippen molar-refractivity contribution >= 4 is 11.8 Å². The Morgan fingerprint density at radius 1 is 0.864 bits per heavy atom. The number of aryl methyl sites for hydroxylation is 2. The summed E-state index contributed by atoms with van der Waals surface area (Å²) in [4.78, 5) is 24.1. The van der Waals surface area contributed by atoms with Crippen LogP contribution in [0.2, 0.25) is 0 Å². The number of nitrogens with one attached hydrogen (secondary N) is 2. The van der Waals surface area contributed by atoms with Gasteiger partial charge in [0.15, 0.2) is 0 Å². The first-order valence-corrected chi connectivity index (χ1v) is 6.83. The third-order valence-corrected chi connectivity index (χ3v) is 3.20. The number of ether oxygens (including phenoxy) is 1. The van der Waals surface area contributed by atoms with Crippen LogP contribution in [0.15, 0.2) is 42.5 Å². The third kappa shape index (κ3) is 3.63. The second-order valence-electron chi connectivity index (χ2n) is 4.98. The van der Waals surface area contributed by atoms with E-state index in [4.69, 9.17) is 4.74 Å². The maximum absolute atomic E-state index is 12.2. The molecule has 0 aliphatic rings. The maximum atomic E-state index is 12.2. The van der Waals surface area contributed by atoms with Gasteiger partial charge in [0.05, 0.1) is 12.7 Å². The largest absolute Gasteiger partial charge is 0.496 e. The van der Waals surface area contributed by atoms with E-state index in [2.05, 4.69) is 10.9 Å². The van der Waals surface area contributed by atoms with Gasteiger partial charge in [-0.3, -0.25) is 20.4 Å². The van der Waals surface area contributed by atoms with E-state index in [0.717, 1.165) is 11.1 Å². The molecule has 5 nitrogen and oxygen atoms in total. The molecule has 114 valence electrons. The number of benzene rings is 2. The topological polar surface area (TPSA) is 67.4 Å². The summed E-state index contributed by atoms with van der Waals surface area (Å²) in [6.45, 7) is 3.81. The first-order valence-electron chi connectivity index (χ1n) is 6.83. The molecule has 22 heavy (non-hydrogen) atoms. The molecular weight excluding hydrogens is 280 g/mol. The van der Waals surface area contributed by atoms with Gasteiger partial charge in [0.1, 0.15) is 5.75 Å². The lowest BCUT2D eigenvalue weighted by molar-refractivity contribution is 0.0845. The second-order valence-corrected chi connectivity index (χ2v) is 4.98. The second kappa shape index (κ2) is 6.76. The van der Waals surface area contributed by atoms with Crippen molar-refractivity contribution in [1.82, 2.24) is 10.9 Å². The van der Waals surface area contributed by atoms with Crippen molar-refractivity contribution in [2.24, 2.45) is 0 Å². The van der Waals surface area contributed by atoms with E-state index in [-0.39, 0.29) is 5.91 Å². The van der Waals surface area contributed by atoms with Gasteiger partial charge in [0.25, 0.3) is 11.8 Å². The molecule has 0 radical (unpaired) electrons. The lowest BCUT2D eigenvalue weighted by Gasteiger charge is -2.11. The molecule has 2 amide bonds. The molecule has 2 aromatic carbocycles. The van der Waals surface area contributed by atoms with Crippen molar-refractivity contribution in [2.75, 3.05) is 7.11 Å². The van der Waals surface area contributed by atoms with Crippen molar-refractivity contribution in [3.8, 4) is 5.75 Å². The molecule has 0 aliphatic carbocycles. The van der Waals surface area contributed by atoms with Crippen molar-refractivity contribution in [1.29, 1.82) is 0 Å². The van der Waals surface area contributed by atoms with E-state index in [0.29, 0.717) is 16.9 Å². The fourth-order valence-electron chi connectivity index (χ4n) is 1.96. The van der Waals surface area contributed by atoms with Crippen LogP contribution in [0.4, 0.5) is 0 Å². The molecule has 0 aromatic heterocycles. The summed E-state index contributed by atoms with van der Waals surface area (Å²) < 4.78 is 5.15. The minimum atomic E-state index is -0.430. The molecule has 5 heteroatoms. The van der Waals surface area contributed by atoms with Crippen LogP contribution >= 0.6 is 0 Å². The summed E-state index contributed by atoms with van der Waals surface area (Å²) in [5.41, 5.74) is 7.62. The highest BCUT2D eigenvalue weighted by molar-refractivity contribution is 6.00. The Morgan fingerprint density at radius 2 is 1.45 bits per heavy atom. The average molecular weight is 298 g/mol. The lowest BCUT2D eigenvalue weighted by Crippen LogP contribution is -2.41. The minimum Gasteiger partial charge on any atom is -0.496 e. The van der Waals surface area contributed by atoms with Crippen LogP contribution in [-0.2, 0) is 0 Å². The molecule has 0 atom stereocenters. The van der Waals surface area contributed by atoms with Crippen molar-refractivity contribution in [3.05, 3.63) is 64.7 Å². The van der Waals surface area contributed by atoms with Crippen LogP contribution in [0.5, 0.6) is 5.75 Å². The van der Waals surface area contributed by atoms with Crippen LogP contribution in [0, 0.1) is 13.8 Å². The molecule has 0 unspecified atom stereocenters. The SMILES string of the molecule is COc1ccc(C)cc1C(=O)NNC(=O)c1ccc(C)cc1. The maximum Gasteiger partial charge on any atom is 0.273 e. The van der Waals surface area contributed by atoms with Crippen molar-refractivity contribution in [2.45, 2.75) is 13.8 Å². The molecule has 2 N–H and O–H groups in total. The Hall–Kier alpha value is -2.82. The van der Waals surface area contributed by atoms with Crippen LogP contribution in [0.25, 0.3) is 0 Å². The quantitative estimate of drug-likeness (QED) is 0.855. The Bertz CT molecular complexity index is 694. The Morgan fingerprint density at radius 3 is 2.09 bits per heavy atom. The summed E-state index contributed by atoms with van der Waals surface area (Å²) >= 11 is 0. The van der Waals surface area contributed by atoms with E-state index in [1.807, 2.05) is 32.0 Å². The Kier molecular flexibility index (Phi) is 4.78. The van der Waals surface area contributed by atoms with Crippen LogP contribution in [-0.4, -0.2) is 18.9 Å². The van der Waals surface area contributed by atoms with E-state index >= 15 is 0 Å². The number of rotatable bonds is 3. The zero-order chi connectivity index (χ0) is 16.1. The predicted octanol–water partition coefficient (Wildman–Crippen LogP) is 2.39. The lowest BCUT2D eigenvalue weighted by atomic mass is 10.1. The third-order valence-electron chi connectivity index (χ3n) is 3.20. The Labute approximate surface area is 129 Å². The molecule has 0 fully saturated rings. The fraction of sp³-hybridized carbons (Fsp3) is 0.176. The smallest absolute Gasteiger partial charge is 0.273 e. The summed E-state index contributed by atoms with van der Waals surface area (Å²) in [5.74, 6) is -0.353. The van der Waals surface area contributed by atoms with E-state index in [9.17, 15) is 9.59 Å². The van der Waals surface area contributed by atoms with Crippen molar-refractivity contribution < 1.29 is 14.3 Å². The molecule has 0 bridgehead atoms. The molecule has 0 saturated carbocycles. The highest BCUT2D eigenvalue weighted by Gasteiger charge is 2.13. The number of carbonyl (C=O) groups excluding carboxylic acids is 2. The zero-order valence-corrected chi connectivity index (χ0v) is 12.8. The fourth-order valence-corrected chi connectivity index (χ4v) is 1.96. The Balaban J connectivity index is 2.05. The molecule has 0 spiro atoms. The predicted molar refractivity (Wildman–Crippen MR) is 83.8 cm³/mol. The number of methoxy groups -OCH3 is 1. The van der Waals surface area contributed by atoms with Gasteiger partial charge in [-0.2, -0.15) is 0 Å². The average Bonchev–Trinajstić information content (AvgIpc) is 2.53. The van der Waals surface area contributed by atoms with Gasteiger partial charge in [-0.15, -0.1) is 0 Å². The van der Waals surface area contributed by atoms with E-state index in [1.165, 1.54) is 7.11 Å². The van der Waals surface area contributed by atoms with Gasteiger partial charge in [0.2, 0.25) is 0 Å². The van der Waals surface area contributed by atoms with Crippen molar-refractivity contribution in [3.63, 3.8) is 0 Å². The number of hydrogen-bond acceptors (Lipinski definition) is 3. The van der Waals surface area contributed by atoms with Gasteiger partial charge in [0, 0.05) is 5.56 Å². The van der Waals surface area contributed by atoms with Crippen LogP contribution in [0.1, 0.15) is 31.8 Å². The highest BCUT2D eigenvalue weighted by Crippen LogP contribution is 2.19. The van der Waals surface area contributed by atoms with Gasteiger partial charge >= 0.3 is 0 Å². The van der Waals surface area contributed by atoms with Gasteiger partial charge in [-0.25, -0.2) is 0 Å². The number of amides is 2. The number of carbonyl (C=O) groups is 2. The first-order chi connectivity index (χ1) is 10.5. The summed E-state index contributed by atoms with van der Waals surface area (Å²) in [6.07, 6.45) is 0. The summed E-state index contributed by atoms with van der Waals surface area (Å²) in [7, 11) is 1.49. The first kappa shape index (κ1) is 15.6. The number of hydrazine groups is 1. The zero-order valence-electron chi connectivity index (χ0n) is 12.8. The number of hydrogen-bond donors (Lipinski definition) is 2. The summed E-state index contributed by atoms with van der Waals surface area (Å²) in [5, 5.41) is 0. The summed E-state index contributed by atoms with van der Waals surface area (Å²) in [6, 6.07) is 12.3. The van der Waals surface area contributed by atoms with Gasteiger partial charge in [-0.05, 0) is 38.1 Å². The van der Waals surface area contributed by atoms with Crippen LogP contribution in [0.3, 0.4) is 0 Å². The molecule has 0 saturated heterocycles. The van der Waals surface area contributed by atoms with E-state index < -0.39 is 5.91 Å². The standard InChI is InChI=1S/C17H18N2O3/c1-11-4-7-13(8-5-11)16(20)18-19-17(21)14-10-12(2)6-9-15(14)22-3/h4-10H,1-3H3,(H,18,20)(H,19,21). The molecule has 2 rings (SSSR count). The minimum absolute atomic E-state index is 0.367. The molecule has 0 heterocycles. The highest BCUT2D eigenvalue weighted by atomic mass is 16.5. The van der Waals surface area contributed by atoms with Gasteiger partial charge < -0.3 is 4.74 Å². The normalized spacial score (nSPS) is 9.95. The van der Waals surface area contributed by atoms with Crippen LogP contribution < -0.4 is 15.6 Å². The molecule has 2 aromatic rings. The van der Waals surface area contributed by atoms with Gasteiger partial charge in [-0.1, -0.05) is 29.3 Å². The van der Waals surface area contributed by atoms with E-state index in [1.54, 1.807) is 24.3 Å². The monoisotopic (exact) mass is 298 g/mol. The molecular formula is C17H18N2O3.